The summed E-state index contributed by atoms with van der Waals surface area (Å²) in [7, 11) is 3.13. The van der Waals surface area contributed by atoms with Gasteiger partial charge in [0.05, 0.1) is 25.5 Å². The number of carbonyl (C=O) groups is 2. The minimum Gasteiger partial charge on any atom is -0.493 e. The number of hydrogen-bond acceptors (Lipinski definition) is 5. The summed E-state index contributed by atoms with van der Waals surface area (Å²) in [6.45, 7) is 4.07. The van der Waals surface area contributed by atoms with Gasteiger partial charge in [-0.15, -0.1) is 0 Å². The van der Waals surface area contributed by atoms with Crippen LogP contribution >= 0.6 is 0 Å². The number of anilines is 1. The van der Waals surface area contributed by atoms with Crippen molar-refractivity contribution in [3.63, 3.8) is 0 Å². The van der Waals surface area contributed by atoms with E-state index in [9.17, 15) is 9.59 Å². The molecule has 2 aliphatic rings. The predicted molar refractivity (Wildman–Crippen MR) is 108 cm³/mol. The second kappa shape index (κ2) is 7.28. The topological polar surface area (TPSA) is 65.1 Å². The largest absolute Gasteiger partial charge is 0.493 e. The van der Waals surface area contributed by atoms with Crippen LogP contribution in [0, 0.1) is 13.8 Å². The van der Waals surface area contributed by atoms with Crippen molar-refractivity contribution >= 4 is 17.6 Å². The second-order valence-electron chi connectivity index (χ2n) is 7.38. The predicted octanol–water partition coefficient (Wildman–Crippen LogP) is 3.65. The third kappa shape index (κ3) is 3.24. The van der Waals surface area contributed by atoms with Crippen molar-refractivity contribution in [2.75, 3.05) is 25.7 Å². The van der Waals surface area contributed by atoms with Crippen molar-refractivity contribution in [1.82, 2.24) is 0 Å². The summed E-state index contributed by atoms with van der Waals surface area (Å²) in [5.74, 6) is 0.337. The Bertz CT molecular complexity index is 1020. The quantitative estimate of drug-likeness (QED) is 0.742. The number of esters is 1. The molecule has 150 valence electrons. The molecule has 0 fully saturated rings. The van der Waals surface area contributed by atoms with E-state index in [1.54, 1.807) is 25.2 Å². The molecule has 0 N–H and O–H groups in total. The smallest absolute Gasteiger partial charge is 0.336 e. The first kappa shape index (κ1) is 19.1. The third-order valence-corrected chi connectivity index (χ3v) is 5.39. The normalized spacial score (nSPS) is 18.6. The molecule has 2 aliphatic heterocycles. The summed E-state index contributed by atoms with van der Waals surface area (Å²) in [5.41, 5.74) is 4.86. The number of amides is 1. The van der Waals surface area contributed by atoms with Crippen LogP contribution in [0.5, 0.6) is 11.5 Å². The van der Waals surface area contributed by atoms with Gasteiger partial charge in [0.1, 0.15) is 6.61 Å². The Morgan fingerprint density at radius 2 is 1.66 bits per heavy atom. The lowest BCUT2D eigenvalue weighted by Crippen LogP contribution is -2.37. The first-order valence-electron chi connectivity index (χ1n) is 9.46. The first-order valence-corrected chi connectivity index (χ1v) is 9.46. The number of cyclic esters (lactones) is 1. The van der Waals surface area contributed by atoms with Crippen LogP contribution in [0.1, 0.15) is 29.0 Å². The lowest BCUT2D eigenvalue weighted by Gasteiger charge is -2.32. The SMILES string of the molecule is COc1ccc(C2CC(=O)N(c3cc(C)cc(C)c3)C3=C2C(=O)OC3)cc1OC. The van der Waals surface area contributed by atoms with Gasteiger partial charge in [0, 0.05) is 18.0 Å². The average molecular weight is 393 g/mol. The molecule has 0 spiro atoms. The van der Waals surface area contributed by atoms with E-state index in [0.29, 0.717) is 22.8 Å². The Morgan fingerprint density at radius 1 is 0.966 bits per heavy atom. The average Bonchev–Trinajstić information content (AvgIpc) is 3.07. The number of rotatable bonds is 4. The van der Waals surface area contributed by atoms with Crippen LogP contribution in [0.25, 0.3) is 0 Å². The Morgan fingerprint density at radius 3 is 2.31 bits per heavy atom. The number of benzene rings is 2. The lowest BCUT2D eigenvalue weighted by molar-refractivity contribution is -0.136. The monoisotopic (exact) mass is 393 g/mol. The molecule has 1 amide bonds. The van der Waals surface area contributed by atoms with Gasteiger partial charge in [-0.05, 0) is 54.8 Å². The molecular weight excluding hydrogens is 370 g/mol. The van der Waals surface area contributed by atoms with E-state index in [4.69, 9.17) is 14.2 Å². The summed E-state index contributed by atoms with van der Waals surface area (Å²) in [6.07, 6.45) is 0.177. The Labute approximate surface area is 169 Å². The summed E-state index contributed by atoms with van der Waals surface area (Å²) >= 11 is 0. The highest BCUT2D eigenvalue weighted by Crippen LogP contribution is 2.43. The van der Waals surface area contributed by atoms with Crippen molar-refractivity contribution < 1.29 is 23.8 Å². The van der Waals surface area contributed by atoms with Crippen molar-refractivity contribution in [2.45, 2.75) is 26.2 Å². The van der Waals surface area contributed by atoms with Crippen molar-refractivity contribution in [3.05, 3.63) is 64.4 Å². The lowest BCUT2D eigenvalue weighted by atomic mass is 9.84. The molecule has 0 saturated heterocycles. The maximum atomic E-state index is 13.2. The van der Waals surface area contributed by atoms with E-state index in [0.717, 1.165) is 22.4 Å². The van der Waals surface area contributed by atoms with Crippen molar-refractivity contribution in [1.29, 1.82) is 0 Å². The maximum absolute atomic E-state index is 13.2. The number of methoxy groups -OCH3 is 2. The minimum absolute atomic E-state index is 0.0631. The molecule has 1 unspecified atom stereocenters. The van der Waals surface area contributed by atoms with Gasteiger partial charge in [0.25, 0.3) is 0 Å². The van der Waals surface area contributed by atoms with E-state index in [-0.39, 0.29) is 30.8 Å². The van der Waals surface area contributed by atoms with Gasteiger partial charge >= 0.3 is 5.97 Å². The van der Waals surface area contributed by atoms with Crippen LogP contribution < -0.4 is 14.4 Å². The van der Waals surface area contributed by atoms with Crippen LogP contribution in [-0.4, -0.2) is 32.7 Å². The fourth-order valence-corrected chi connectivity index (χ4v) is 4.19. The molecule has 4 rings (SSSR count). The highest BCUT2D eigenvalue weighted by molar-refractivity contribution is 6.06. The van der Waals surface area contributed by atoms with E-state index in [2.05, 4.69) is 6.07 Å². The zero-order chi connectivity index (χ0) is 20.7. The number of carbonyl (C=O) groups excluding carboxylic acids is 2. The molecule has 29 heavy (non-hydrogen) atoms. The zero-order valence-electron chi connectivity index (χ0n) is 16.9. The van der Waals surface area contributed by atoms with E-state index < -0.39 is 0 Å². The molecule has 0 bridgehead atoms. The Balaban J connectivity index is 1.82. The molecule has 0 saturated carbocycles. The molecule has 6 heteroatoms. The number of hydrogen-bond donors (Lipinski definition) is 0. The third-order valence-electron chi connectivity index (χ3n) is 5.39. The van der Waals surface area contributed by atoms with Gasteiger partial charge < -0.3 is 14.2 Å². The van der Waals surface area contributed by atoms with Crippen LogP contribution in [0.2, 0.25) is 0 Å². The van der Waals surface area contributed by atoms with Crippen LogP contribution in [0.4, 0.5) is 5.69 Å². The van der Waals surface area contributed by atoms with Gasteiger partial charge in [-0.1, -0.05) is 12.1 Å². The standard InChI is InChI=1S/C23H23NO5/c1-13-7-14(2)9-16(8-13)24-18-12-29-23(26)22(18)17(11-21(24)25)15-5-6-19(27-3)20(10-15)28-4/h5-10,17H,11-12H2,1-4H3. The van der Waals surface area contributed by atoms with Gasteiger partial charge in [0.15, 0.2) is 11.5 Å². The summed E-state index contributed by atoms with van der Waals surface area (Å²) < 4.78 is 16.0. The second-order valence-corrected chi connectivity index (χ2v) is 7.38. The Kier molecular flexibility index (Phi) is 4.78. The highest BCUT2D eigenvalue weighted by atomic mass is 16.5. The van der Waals surface area contributed by atoms with Crippen LogP contribution in [0.15, 0.2) is 47.7 Å². The van der Waals surface area contributed by atoms with Crippen molar-refractivity contribution in [3.8, 4) is 11.5 Å². The first-order chi connectivity index (χ1) is 13.9. The molecule has 0 aliphatic carbocycles. The summed E-state index contributed by atoms with van der Waals surface area (Å²) in [4.78, 5) is 27.4. The fourth-order valence-electron chi connectivity index (χ4n) is 4.19. The van der Waals surface area contributed by atoms with Crippen LogP contribution in [-0.2, 0) is 14.3 Å². The number of nitrogens with zero attached hydrogens (tertiary/aromatic N) is 1. The molecule has 0 radical (unpaired) electrons. The molecule has 6 nitrogen and oxygen atoms in total. The van der Waals surface area contributed by atoms with Crippen molar-refractivity contribution in [2.24, 2.45) is 0 Å². The fraction of sp³-hybridized carbons (Fsp3) is 0.304. The van der Waals surface area contributed by atoms with Gasteiger partial charge in [0.2, 0.25) is 5.91 Å². The molecule has 2 aromatic rings. The van der Waals surface area contributed by atoms with Crippen LogP contribution in [0.3, 0.4) is 0 Å². The molecule has 2 aromatic carbocycles. The molecule has 1 atom stereocenters. The summed E-state index contributed by atoms with van der Waals surface area (Å²) in [6, 6.07) is 11.4. The summed E-state index contributed by atoms with van der Waals surface area (Å²) in [5, 5.41) is 0. The van der Waals surface area contributed by atoms with Gasteiger partial charge in [-0.3, -0.25) is 9.69 Å². The van der Waals surface area contributed by atoms with Gasteiger partial charge in [-0.25, -0.2) is 4.79 Å². The van der Waals surface area contributed by atoms with E-state index in [1.807, 2.05) is 38.1 Å². The molecule has 0 aromatic heterocycles. The number of ether oxygens (including phenoxy) is 3. The molecular formula is C23H23NO5. The number of aryl methyl sites for hydroxylation is 2. The van der Waals surface area contributed by atoms with E-state index in [1.165, 1.54) is 0 Å². The maximum Gasteiger partial charge on any atom is 0.336 e. The Hall–Kier alpha value is -3.28. The highest BCUT2D eigenvalue weighted by Gasteiger charge is 2.43. The molecule has 2 heterocycles. The van der Waals surface area contributed by atoms with E-state index >= 15 is 0 Å². The van der Waals surface area contributed by atoms with Gasteiger partial charge in [-0.2, -0.15) is 0 Å². The zero-order valence-corrected chi connectivity index (χ0v) is 16.9. The minimum atomic E-state index is -0.380.